The zero-order valence-electron chi connectivity index (χ0n) is 23.6. The number of carbonyl (C=O) groups excluding carboxylic acids is 1. The lowest BCUT2D eigenvalue weighted by molar-refractivity contribution is 0.0973. The first kappa shape index (κ1) is 29.7. The molecule has 1 N–H and O–H groups in total. The smallest absolute Gasteiger partial charge is 0.304 e. The number of halogens is 3. The highest BCUT2D eigenvalue weighted by molar-refractivity contribution is 7.87. The third-order valence-corrected chi connectivity index (χ3v) is 10.1. The van der Waals surface area contributed by atoms with Gasteiger partial charge >= 0.3 is 10.2 Å². The second-order valence-corrected chi connectivity index (χ2v) is 13.3. The van der Waals surface area contributed by atoms with Crippen molar-refractivity contribution in [2.45, 2.75) is 44.1 Å². The molecule has 1 amide bonds. The molecular weight excluding hydrogens is 579 g/mol. The third-order valence-electron chi connectivity index (χ3n) is 8.60. The predicted octanol–water partition coefficient (Wildman–Crippen LogP) is 5.54. The van der Waals surface area contributed by atoms with Crippen LogP contribution in [0.25, 0.3) is 0 Å². The molecular formula is C32H34F3N3O4S. The Balaban J connectivity index is 1.11. The number of hydrogen-bond acceptors (Lipinski definition) is 5. The van der Waals surface area contributed by atoms with E-state index in [-0.39, 0.29) is 35.1 Å². The predicted molar refractivity (Wildman–Crippen MR) is 155 cm³/mol. The fraction of sp³-hybridized carbons (Fsp3) is 0.406. The number of likely N-dealkylation sites (tertiary alicyclic amines) is 1. The highest BCUT2D eigenvalue weighted by Crippen LogP contribution is 2.45. The summed E-state index contributed by atoms with van der Waals surface area (Å²) in [6.45, 7) is 2.52. The topological polar surface area (TPSA) is 79.0 Å². The molecule has 2 saturated heterocycles. The zero-order chi connectivity index (χ0) is 30.1. The van der Waals surface area contributed by atoms with Crippen molar-refractivity contribution in [1.82, 2.24) is 13.9 Å². The summed E-state index contributed by atoms with van der Waals surface area (Å²) in [5, 5.41) is 0. The van der Waals surface area contributed by atoms with Gasteiger partial charge in [0, 0.05) is 19.2 Å². The molecule has 43 heavy (non-hydrogen) atoms. The van der Waals surface area contributed by atoms with Crippen LogP contribution in [0.15, 0.2) is 60.7 Å². The average Bonchev–Trinajstić information content (AvgIpc) is 3.79. The number of amides is 1. The van der Waals surface area contributed by atoms with E-state index in [1.54, 1.807) is 24.3 Å². The summed E-state index contributed by atoms with van der Waals surface area (Å²) < 4.78 is 76.4. The van der Waals surface area contributed by atoms with Gasteiger partial charge in [-0.1, -0.05) is 24.3 Å². The lowest BCUT2D eigenvalue weighted by atomic mass is 9.91. The van der Waals surface area contributed by atoms with E-state index in [1.165, 1.54) is 36.4 Å². The molecule has 0 atom stereocenters. The molecule has 2 aliphatic heterocycles. The van der Waals surface area contributed by atoms with Gasteiger partial charge in [0.05, 0.1) is 18.2 Å². The Labute approximate surface area is 249 Å². The fourth-order valence-electron chi connectivity index (χ4n) is 5.84. The number of rotatable bonds is 10. The van der Waals surface area contributed by atoms with Crippen molar-refractivity contribution in [2.75, 3.05) is 32.8 Å². The molecule has 0 radical (unpaired) electrons. The van der Waals surface area contributed by atoms with Crippen LogP contribution in [0.1, 0.15) is 71.1 Å². The number of nitrogens with one attached hydrogen (secondary N) is 1. The Morgan fingerprint density at radius 1 is 0.860 bits per heavy atom. The summed E-state index contributed by atoms with van der Waals surface area (Å²) >= 11 is 0. The van der Waals surface area contributed by atoms with Crippen LogP contribution in [0.3, 0.4) is 0 Å². The maximum atomic E-state index is 15.1. The molecule has 1 saturated carbocycles. The van der Waals surface area contributed by atoms with Gasteiger partial charge in [0.15, 0.2) is 0 Å². The van der Waals surface area contributed by atoms with Crippen LogP contribution >= 0.6 is 0 Å². The molecule has 3 aliphatic rings. The number of piperidine rings is 1. The summed E-state index contributed by atoms with van der Waals surface area (Å²) in [7, 11) is -3.99. The van der Waals surface area contributed by atoms with Gasteiger partial charge in [-0.25, -0.2) is 17.9 Å². The zero-order valence-corrected chi connectivity index (χ0v) is 24.5. The molecule has 11 heteroatoms. The number of carbonyl (C=O) groups is 1. The summed E-state index contributed by atoms with van der Waals surface area (Å²) in [6, 6.07) is 15.3. The minimum absolute atomic E-state index is 0.142. The van der Waals surface area contributed by atoms with E-state index in [0.717, 1.165) is 66.2 Å². The fourth-order valence-corrected chi connectivity index (χ4v) is 7.05. The van der Waals surface area contributed by atoms with Gasteiger partial charge in [-0.15, -0.1) is 0 Å². The lowest BCUT2D eigenvalue weighted by Crippen LogP contribution is -2.49. The molecule has 3 fully saturated rings. The average molecular weight is 614 g/mol. The van der Waals surface area contributed by atoms with Crippen molar-refractivity contribution in [2.24, 2.45) is 5.92 Å². The first-order valence-corrected chi connectivity index (χ1v) is 16.2. The maximum Gasteiger partial charge on any atom is 0.304 e. The summed E-state index contributed by atoms with van der Waals surface area (Å²) in [5.74, 6) is -1.70. The van der Waals surface area contributed by atoms with E-state index in [1.807, 2.05) is 4.72 Å². The third kappa shape index (κ3) is 6.73. The van der Waals surface area contributed by atoms with Crippen LogP contribution in [0.4, 0.5) is 13.2 Å². The molecule has 228 valence electrons. The first-order valence-electron chi connectivity index (χ1n) is 14.7. The number of benzene rings is 3. The highest BCUT2D eigenvalue weighted by Gasteiger charge is 2.33. The standard InChI is InChI=1S/C32H34F3N3O4S/c33-25-8-4-23(5-9-25)31(24-6-10-26(34)11-7-24)37-16-12-21(13-17-37)20-42-30-19-29(35)28(18-27(30)22-2-3-22)32(39)36-43(40,41)38-14-1-15-38/h4-11,18-19,21-22,31H,1-3,12-17,20H2,(H,36,39). The molecule has 1 aliphatic carbocycles. The Morgan fingerprint density at radius 3 is 1.95 bits per heavy atom. The van der Waals surface area contributed by atoms with E-state index in [2.05, 4.69) is 4.90 Å². The van der Waals surface area contributed by atoms with Gasteiger partial charge in [-0.2, -0.15) is 12.7 Å². The number of ether oxygens (including phenoxy) is 1. The molecule has 0 spiro atoms. The Hall–Kier alpha value is -3.41. The van der Waals surface area contributed by atoms with E-state index in [9.17, 15) is 22.0 Å². The Kier molecular flexibility index (Phi) is 8.48. The molecule has 3 aromatic carbocycles. The summed E-state index contributed by atoms with van der Waals surface area (Å²) in [5.41, 5.74) is 2.26. The van der Waals surface area contributed by atoms with E-state index < -0.39 is 21.9 Å². The minimum atomic E-state index is -3.99. The SMILES string of the molecule is O=C(NS(=O)(=O)N1CCC1)c1cc(C2CC2)c(OCC2CCN(C(c3ccc(F)cc3)c3ccc(F)cc3)CC2)cc1F. The van der Waals surface area contributed by atoms with Gasteiger partial charge in [-0.05, 0) is 104 Å². The van der Waals surface area contributed by atoms with Crippen LogP contribution in [0.5, 0.6) is 5.75 Å². The first-order chi connectivity index (χ1) is 20.7. The second kappa shape index (κ2) is 12.3. The van der Waals surface area contributed by atoms with Crippen LogP contribution in [-0.4, -0.2) is 56.3 Å². The molecule has 0 unspecified atom stereocenters. The van der Waals surface area contributed by atoms with Gasteiger partial charge in [0.2, 0.25) is 0 Å². The normalized spacial score (nSPS) is 18.4. The van der Waals surface area contributed by atoms with Gasteiger partial charge in [0.1, 0.15) is 23.2 Å². The molecule has 3 aromatic rings. The van der Waals surface area contributed by atoms with Crippen molar-refractivity contribution >= 4 is 16.1 Å². The summed E-state index contributed by atoms with van der Waals surface area (Å²) in [4.78, 5) is 15.0. The van der Waals surface area contributed by atoms with Crippen molar-refractivity contribution in [1.29, 1.82) is 0 Å². The van der Waals surface area contributed by atoms with Crippen molar-refractivity contribution in [3.8, 4) is 5.75 Å². The summed E-state index contributed by atoms with van der Waals surface area (Å²) in [6.07, 6.45) is 4.14. The lowest BCUT2D eigenvalue weighted by Gasteiger charge is -2.38. The molecule has 7 nitrogen and oxygen atoms in total. The number of hydrogen-bond donors (Lipinski definition) is 1. The van der Waals surface area contributed by atoms with Crippen molar-refractivity contribution < 1.29 is 31.1 Å². The van der Waals surface area contributed by atoms with Crippen molar-refractivity contribution in [3.05, 3.63) is 100 Å². The molecule has 2 heterocycles. The molecule has 0 aromatic heterocycles. The highest BCUT2D eigenvalue weighted by atomic mass is 32.2. The van der Waals surface area contributed by atoms with Gasteiger partial charge < -0.3 is 4.74 Å². The second-order valence-electron chi connectivity index (χ2n) is 11.6. The van der Waals surface area contributed by atoms with E-state index in [0.29, 0.717) is 25.4 Å². The van der Waals surface area contributed by atoms with Crippen LogP contribution < -0.4 is 9.46 Å². The van der Waals surface area contributed by atoms with E-state index >= 15 is 4.39 Å². The largest absolute Gasteiger partial charge is 0.493 e. The van der Waals surface area contributed by atoms with Gasteiger partial charge in [-0.3, -0.25) is 9.69 Å². The van der Waals surface area contributed by atoms with Crippen LogP contribution in [0, 0.1) is 23.4 Å². The maximum absolute atomic E-state index is 15.1. The van der Waals surface area contributed by atoms with Gasteiger partial charge in [0.25, 0.3) is 5.91 Å². The minimum Gasteiger partial charge on any atom is -0.493 e. The quantitative estimate of drug-likeness (QED) is 0.325. The van der Waals surface area contributed by atoms with Crippen LogP contribution in [0.2, 0.25) is 0 Å². The van der Waals surface area contributed by atoms with E-state index in [4.69, 9.17) is 4.74 Å². The van der Waals surface area contributed by atoms with Crippen molar-refractivity contribution in [3.63, 3.8) is 0 Å². The molecule has 0 bridgehead atoms. The Morgan fingerprint density at radius 2 is 1.44 bits per heavy atom. The van der Waals surface area contributed by atoms with Crippen LogP contribution in [-0.2, 0) is 10.2 Å². The Bertz CT molecular complexity index is 1520. The molecule has 6 rings (SSSR count). The monoisotopic (exact) mass is 613 g/mol. The number of nitrogens with zero attached hydrogens (tertiary/aromatic N) is 2.